The van der Waals surface area contributed by atoms with E-state index >= 15 is 0 Å². The van der Waals surface area contributed by atoms with Crippen LogP contribution in [0.4, 0.5) is 0 Å². The summed E-state index contributed by atoms with van der Waals surface area (Å²) in [6.07, 6.45) is 28.1. The van der Waals surface area contributed by atoms with E-state index < -0.39 is 9.53 Å². The van der Waals surface area contributed by atoms with Gasteiger partial charge in [0.05, 0.1) is 6.61 Å². The zero-order chi connectivity index (χ0) is 23.4. The van der Waals surface area contributed by atoms with Gasteiger partial charge in [0.2, 0.25) is 0 Å². The lowest BCUT2D eigenvalue weighted by Gasteiger charge is -2.13. The first-order chi connectivity index (χ1) is 15.8. The van der Waals surface area contributed by atoms with E-state index in [0.29, 0.717) is 19.8 Å². The lowest BCUT2D eigenvalue weighted by Crippen LogP contribution is -2.28. The van der Waals surface area contributed by atoms with Crippen LogP contribution in [0.3, 0.4) is 0 Å². The fourth-order valence-electron chi connectivity index (χ4n) is 3.71. The van der Waals surface area contributed by atoms with Crippen LogP contribution in [-0.2, 0) is 18.3 Å². The third kappa shape index (κ3) is 26.1. The molecule has 0 saturated heterocycles. The Hall–Kier alpha value is -0.203. The molecular formula is C27H55O4Si. The molecule has 0 N–H and O–H groups in total. The van der Waals surface area contributed by atoms with E-state index in [1.54, 1.807) is 6.08 Å². The van der Waals surface area contributed by atoms with Crippen LogP contribution in [0.2, 0.25) is 0 Å². The number of unbranched alkanes of at least 4 members (excludes halogenated alkanes) is 18. The first kappa shape index (κ1) is 31.8. The molecule has 1 radical (unpaired) electrons. The predicted octanol–water partition coefficient (Wildman–Crippen LogP) is 8.98. The molecule has 0 aromatic heterocycles. The van der Waals surface area contributed by atoms with Gasteiger partial charge in [0.15, 0.2) is 0 Å². The standard InChI is InChI=1S/C27H55O4Si/c1-4-7-9-11-13-15-17-19-21-23-26-29-32(31-28-25-6-3)30-27-24-22-20-18-16-14-12-10-8-5-2/h6H,3-5,7-27H2,1-2H3. The molecule has 0 saturated carbocycles. The zero-order valence-corrected chi connectivity index (χ0v) is 22.7. The molecule has 0 aliphatic carbocycles. The van der Waals surface area contributed by atoms with Crippen molar-refractivity contribution in [1.29, 1.82) is 0 Å². The fourth-order valence-corrected chi connectivity index (χ4v) is 4.68. The van der Waals surface area contributed by atoms with Crippen LogP contribution >= 0.6 is 0 Å². The number of hydrogen-bond donors (Lipinski definition) is 0. The third-order valence-electron chi connectivity index (χ3n) is 5.75. The Labute approximate surface area is 202 Å². The fraction of sp³-hybridized carbons (Fsp3) is 0.926. The van der Waals surface area contributed by atoms with E-state index in [0.717, 1.165) is 12.8 Å². The topological polar surface area (TPSA) is 36.9 Å². The minimum absolute atomic E-state index is 0.359. The second kappa shape index (κ2) is 28.8. The van der Waals surface area contributed by atoms with E-state index in [4.69, 9.17) is 18.3 Å². The Kier molecular flexibility index (Phi) is 28.6. The van der Waals surface area contributed by atoms with Crippen LogP contribution in [0, 0.1) is 0 Å². The quantitative estimate of drug-likeness (QED) is 0.0375. The minimum Gasteiger partial charge on any atom is -0.370 e. The first-order valence-electron chi connectivity index (χ1n) is 13.9. The molecule has 0 amide bonds. The summed E-state index contributed by atoms with van der Waals surface area (Å²) in [6.45, 7) is 9.94. The van der Waals surface area contributed by atoms with Gasteiger partial charge in [-0.15, -0.1) is 6.58 Å². The Balaban J connectivity index is 3.60. The van der Waals surface area contributed by atoms with Crippen molar-refractivity contribution in [3.8, 4) is 0 Å². The van der Waals surface area contributed by atoms with Gasteiger partial charge in [-0.25, -0.2) is 9.46 Å². The van der Waals surface area contributed by atoms with Gasteiger partial charge in [0.25, 0.3) is 0 Å². The van der Waals surface area contributed by atoms with Crippen molar-refractivity contribution in [2.75, 3.05) is 19.8 Å². The maximum Gasteiger partial charge on any atom is 0.607 e. The van der Waals surface area contributed by atoms with Gasteiger partial charge in [-0.05, 0) is 12.8 Å². The summed E-state index contributed by atoms with van der Waals surface area (Å²) in [5.74, 6) is 0. The minimum atomic E-state index is -1.81. The molecule has 0 rings (SSSR count). The van der Waals surface area contributed by atoms with Crippen molar-refractivity contribution >= 4 is 9.53 Å². The summed E-state index contributed by atoms with van der Waals surface area (Å²) in [5.41, 5.74) is 0. The molecule has 0 atom stereocenters. The highest BCUT2D eigenvalue weighted by atomic mass is 28.3. The van der Waals surface area contributed by atoms with E-state index in [1.807, 2.05) is 0 Å². The molecule has 5 heteroatoms. The second-order valence-electron chi connectivity index (χ2n) is 8.97. The Morgan fingerprint density at radius 2 is 0.875 bits per heavy atom. The summed E-state index contributed by atoms with van der Waals surface area (Å²) < 4.78 is 17.1. The van der Waals surface area contributed by atoms with Gasteiger partial charge in [-0.1, -0.05) is 135 Å². The number of rotatable bonds is 28. The lowest BCUT2D eigenvalue weighted by atomic mass is 10.1. The van der Waals surface area contributed by atoms with Crippen molar-refractivity contribution in [3.63, 3.8) is 0 Å². The van der Waals surface area contributed by atoms with Crippen LogP contribution in [0.15, 0.2) is 12.7 Å². The normalized spacial score (nSPS) is 11.5. The number of hydrogen-bond acceptors (Lipinski definition) is 4. The van der Waals surface area contributed by atoms with Gasteiger partial charge in [-0.3, -0.25) is 0 Å². The first-order valence-corrected chi connectivity index (χ1v) is 15.1. The molecule has 0 unspecified atom stereocenters. The van der Waals surface area contributed by atoms with Crippen LogP contribution in [0.25, 0.3) is 0 Å². The predicted molar refractivity (Wildman–Crippen MR) is 139 cm³/mol. The van der Waals surface area contributed by atoms with Crippen molar-refractivity contribution in [2.45, 2.75) is 142 Å². The molecule has 0 aromatic carbocycles. The highest BCUT2D eigenvalue weighted by Gasteiger charge is 2.20. The molecule has 0 heterocycles. The average molecular weight is 472 g/mol. The molecule has 0 aliphatic heterocycles. The van der Waals surface area contributed by atoms with Crippen LogP contribution in [-0.4, -0.2) is 29.3 Å². The summed E-state index contributed by atoms with van der Waals surface area (Å²) in [4.78, 5) is 5.12. The molecule has 0 bridgehead atoms. The largest absolute Gasteiger partial charge is 0.607 e. The maximum absolute atomic E-state index is 5.85. The average Bonchev–Trinajstić information content (AvgIpc) is 2.80. The Morgan fingerprint density at radius 3 is 1.22 bits per heavy atom. The maximum atomic E-state index is 5.85. The molecule has 191 valence electrons. The monoisotopic (exact) mass is 471 g/mol. The zero-order valence-electron chi connectivity index (χ0n) is 21.7. The van der Waals surface area contributed by atoms with Gasteiger partial charge in [0, 0.05) is 13.2 Å². The van der Waals surface area contributed by atoms with Crippen LogP contribution < -0.4 is 0 Å². The van der Waals surface area contributed by atoms with Gasteiger partial charge in [0.1, 0.15) is 0 Å². The van der Waals surface area contributed by atoms with Crippen LogP contribution in [0.1, 0.15) is 142 Å². The summed E-state index contributed by atoms with van der Waals surface area (Å²) in [7, 11) is -1.81. The van der Waals surface area contributed by atoms with Gasteiger partial charge < -0.3 is 8.85 Å². The molecular weight excluding hydrogens is 416 g/mol. The molecule has 0 fully saturated rings. The molecule has 0 aliphatic rings. The molecule has 4 nitrogen and oxygen atoms in total. The van der Waals surface area contributed by atoms with E-state index in [2.05, 4.69) is 20.4 Å². The van der Waals surface area contributed by atoms with E-state index in [9.17, 15) is 0 Å². The molecule has 0 aromatic rings. The van der Waals surface area contributed by atoms with Gasteiger partial charge in [-0.2, -0.15) is 0 Å². The smallest absolute Gasteiger partial charge is 0.370 e. The molecule has 32 heavy (non-hydrogen) atoms. The van der Waals surface area contributed by atoms with Crippen molar-refractivity contribution in [2.24, 2.45) is 0 Å². The summed E-state index contributed by atoms with van der Waals surface area (Å²) in [5, 5.41) is 0. The Bertz CT molecular complexity index is 329. The second-order valence-corrected chi connectivity index (χ2v) is 10.2. The van der Waals surface area contributed by atoms with E-state index in [-0.39, 0.29) is 0 Å². The highest BCUT2D eigenvalue weighted by molar-refractivity contribution is 6.35. The third-order valence-corrected chi connectivity index (χ3v) is 6.88. The summed E-state index contributed by atoms with van der Waals surface area (Å²) >= 11 is 0. The van der Waals surface area contributed by atoms with E-state index in [1.165, 1.54) is 116 Å². The van der Waals surface area contributed by atoms with Crippen molar-refractivity contribution in [3.05, 3.63) is 12.7 Å². The molecule has 0 spiro atoms. The van der Waals surface area contributed by atoms with Gasteiger partial charge >= 0.3 is 9.53 Å². The van der Waals surface area contributed by atoms with Crippen molar-refractivity contribution < 1.29 is 18.3 Å². The van der Waals surface area contributed by atoms with Crippen molar-refractivity contribution in [1.82, 2.24) is 0 Å². The SMILES string of the molecule is C=CCOO[Si](OCCCCCCCCCCCC)OCCCCCCCCCCCC. The highest BCUT2D eigenvalue weighted by Crippen LogP contribution is 2.12. The van der Waals surface area contributed by atoms with Crippen LogP contribution in [0.5, 0.6) is 0 Å². The Morgan fingerprint density at radius 1 is 0.531 bits per heavy atom. The summed E-state index contributed by atoms with van der Waals surface area (Å²) in [6, 6.07) is 0. The lowest BCUT2D eigenvalue weighted by molar-refractivity contribution is -0.231.